The minimum Gasteiger partial charge on any atom is -0.314 e. The molecule has 0 atom stereocenters. The largest absolute Gasteiger partial charge is 0.314 e. The summed E-state index contributed by atoms with van der Waals surface area (Å²) < 4.78 is 23.6. The number of rotatable bonds is 7. The molecule has 0 amide bonds. The second-order valence-electron chi connectivity index (χ2n) is 5.96. The molecule has 1 N–H and O–H groups in total. The maximum Gasteiger partial charge on any atom is 0.153 e. The molecule has 19 heavy (non-hydrogen) atoms. The average Bonchev–Trinajstić information content (AvgIpc) is 2.37. The highest BCUT2D eigenvalue weighted by Crippen LogP contribution is 2.22. The van der Waals surface area contributed by atoms with E-state index in [0.29, 0.717) is 18.6 Å². The van der Waals surface area contributed by atoms with Crippen molar-refractivity contribution in [3.8, 4) is 0 Å². The fourth-order valence-corrected chi connectivity index (χ4v) is 3.71. The minimum absolute atomic E-state index is 0.259. The molecule has 1 aliphatic rings. The summed E-state index contributed by atoms with van der Waals surface area (Å²) in [7, 11) is -0.842. The van der Waals surface area contributed by atoms with Crippen molar-refractivity contribution in [1.82, 2.24) is 10.2 Å². The number of nitrogens with one attached hydrogen (secondary N) is 1. The van der Waals surface area contributed by atoms with Crippen molar-refractivity contribution in [2.24, 2.45) is 0 Å². The van der Waals surface area contributed by atoms with Gasteiger partial charge in [0.2, 0.25) is 0 Å². The Kier molecular flexibility index (Phi) is 6.77. The molecule has 0 aromatic rings. The first-order valence-electron chi connectivity index (χ1n) is 7.52. The number of sulfone groups is 1. The van der Waals surface area contributed by atoms with Crippen molar-refractivity contribution in [2.45, 2.75) is 63.8 Å². The quantitative estimate of drug-likeness (QED) is 0.775. The summed E-state index contributed by atoms with van der Waals surface area (Å²) in [5.41, 5.74) is 0. The van der Waals surface area contributed by atoms with Crippen molar-refractivity contribution in [3.05, 3.63) is 0 Å². The van der Waals surface area contributed by atoms with Crippen LogP contribution in [0, 0.1) is 0 Å². The first-order valence-corrected chi connectivity index (χ1v) is 9.23. The summed E-state index contributed by atoms with van der Waals surface area (Å²) in [5, 5.41) is 3.24. The van der Waals surface area contributed by atoms with E-state index < -0.39 is 9.84 Å². The molecule has 0 bridgehead atoms. The third kappa shape index (κ3) is 5.40. The number of nitrogens with zero attached hydrogens (tertiary/aromatic N) is 1. The van der Waals surface area contributed by atoms with Gasteiger partial charge in [0, 0.05) is 18.6 Å². The first-order chi connectivity index (χ1) is 8.86. The van der Waals surface area contributed by atoms with Crippen LogP contribution < -0.4 is 5.32 Å². The van der Waals surface area contributed by atoms with E-state index in [1.165, 1.54) is 25.7 Å². The predicted octanol–water partition coefficient (Wildman–Crippen LogP) is 1.66. The maximum atomic E-state index is 11.8. The highest BCUT2D eigenvalue weighted by molar-refractivity contribution is 7.92. The maximum absolute atomic E-state index is 11.8. The van der Waals surface area contributed by atoms with Crippen molar-refractivity contribution < 1.29 is 8.42 Å². The van der Waals surface area contributed by atoms with Gasteiger partial charge in [0.15, 0.2) is 9.84 Å². The Balaban J connectivity index is 2.34. The van der Waals surface area contributed by atoms with Crippen LogP contribution in [0.15, 0.2) is 0 Å². The van der Waals surface area contributed by atoms with Gasteiger partial charge < -0.3 is 10.2 Å². The minimum atomic E-state index is -2.91. The molecule has 0 aromatic heterocycles. The molecule has 4 nitrogen and oxygen atoms in total. The molecule has 0 radical (unpaired) electrons. The standard InChI is InChI=1S/C14H30N2O2S/c1-5-15-13-6-8-14(9-7-13)16(4)10-11-19(17,18)12(2)3/h12-15H,5-11H2,1-4H3. The molecule has 1 rings (SSSR count). The van der Waals surface area contributed by atoms with E-state index in [9.17, 15) is 8.42 Å². The van der Waals surface area contributed by atoms with Gasteiger partial charge in [-0.2, -0.15) is 0 Å². The van der Waals surface area contributed by atoms with Crippen LogP contribution in [-0.4, -0.2) is 56.5 Å². The zero-order valence-corrected chi connectivity index (χ0v) is 13.7. The van der Waals surface area contributed by atoms with E-state index >= 15 is 0 Å². The van der Waals surface area contributed by atoms with Gasteiger partial charge in [0.1, 0.15) is 0 Å². The Morgan fingerprint density at radius 3 is 2.26 bits per heavy atom. The van der Waals surface area contributed by atoms with Gasteiger partial charge in [-0.05, 0) is 53.1 Å². The normalized spacial score (nSPS) is 25.2. The van der Waals surface area contributed by atoms with Crippen molar-refractivity contribution in [3.63, 3.8) is 0 Å². The zero-order valence-electron chi connectivity index (χ0n) is 12.9. The molecule has 1 fully saturated rings. The summed E-state index contributed by atoms with van der Waals surface area (Å²) in [4.78, 5) is 2.24. The SMILES string of the molecule is CCNC1CCC(N(C)CCS(=O)(=O)C(C)C)CC1. The summed E-state index contributed by atoms with van der Waals surface area (Å²) in [6.07, 6.45) is 4.77. The predicted molar refractivity (Wildman–Crippen MR) is 81.3 cm³/mol. The molecule has 114 valence electrons. The lowest BCUT2D eigenvalue weighted by molar-refractivity contribution is 0.182. The van der Waals surface area contributed by atoms with Crippen LogP contribution >= 0.6 is 0 Å². The van der Waals surface area contributed by atoms with Gasteiger partial charge in [0.05, 0.1) is 11.0 Å². The van der Waals surface area contributed by atoms with Gasteiger partial charge in [-0.1, -0.05) is 6.92 Å². The molecular formula is C14H30N2O2S. The van der Waals surface area contributed by atoms with Crippen LogP contribution in [0.25, 0.3) is 0 Å². The number of hydrogen-bond acceptors (Lipinski definition) is 4. The zero-order chi connectivity index (χ0) is 14.5. The monoisotopic (exact) mass is 290 g/mol. The van der Waals surface area contributed by atoms with Crippen LogP contribution in [-0.2, 0) is 9.84 Å². The van der Waals surface area contributed by atoms with Crippen LogP contribution in [0.4, 0.5) is 0 Å². The lowest BCUT2D eigenvalue weighted by Crippen LogP contribution is -2.42. The third-order valence-corrected chi connectivity index (χ3v) is 6.45. The smallest absolute Gasteiger partial charge is 0.153 e. The second kappa shape index (κ2) is 7.60. The Morgan fingerprint density at radius 2 is 1.79 bits per heavy atom. The van der Waals surface area contributed by atoms with Crippen molar-refractivity contribution in [2.75, 3.05) is 25.9 Å². The summed E-state index contributed by atoms with van der Waals surface area (Å²) in [5.74, 6) is 0.286. The lowest BCUT2D eigenvalue weighted by Gasteiger charge is -2.35. The molecule has 0 spiro atoms. The van der Waals surface area contributed by atoms with E-state index in [4.69, 9.17) is 0 Å². The van der Waals surface area contributed by atoms with Crippen LogP contribution in [0.2, 0.25) is 0 Å². The molecular weight excluding hydrogens is 260 g/mol. The Bertz CT molecular complexity index is 346. The molecule has 1 aliphatic carbocycles. The van der Waals surface area contributed by atoms with Crippen LogP contribution in [0.5, 0.6) is 0 Å². The van der Waals surface area contributed by atoms with E-state index in [-0.39, 0.29) is 11.0 Å². The Labute approximate surface area is 118 Å². The number of hydrogen-bond donors (Lipinski definition) is 1. The molecule has 0 heterocycles. The van der Waals surface area contributed by atoms with E-state index in [1.807, 2.05) is 0 Å². The molecule has 5 heteroatoms. The second-order valence-corrected chi connectivity index (χ2v) is 8.64. The average molecular weight is 290 g/mol. The summed E-state index contributed by atoms with van der Waals surface area (Å²) >= 11 is 0. The van der Waals surface area contributed by atoms with E-state index in [0.717, 1.165) is 6.54 Å². The molecule has 0 aliphatic heterocycles. The van der Waals surface area contributed by atoms with Gasteiger partial charge >= 0.3 is 0 Å². The Hall–Kier alpha value is -0.130. The fourth-order valence-electron chi connectivity index (χ4n) is 2.70. The van der Waals surface area contributed by atoms with Gasteiger partial charge in [-0.25, -0.2) is 8.42 Å². The van der Waals surface area contributed by atoms with Gasteiger partial charge in [-0.15, -0.1) is 0 Å². The van der Waals surface area contributed by atoms with Gasteiger partial charge in [0.25, 0.3) is 0 Å². The summed E-state index contributed by atoms with van der Waals surface area (Å²) in [6, 6.07) is 1.21. The van der Waals surface area contributed by atoms with Crippen LogP contribution in [0.3, 0.4) is 0 Å². The van der Waals surface area contributed by atoms with Crippen molar-refractivity contribution in [1.29, 1.82) is 0 Å². The highest BCUT2D eigenvalue weighted by atomic mass is 32.2. The topological polar surface area (TPSA) is 49.4 Å². The molecule has 0 aromatic carbocycles. The Morgan fingerprint density at radius 1 is 1.21 bits per heavy atom. The van der Waals surface area contributed by atoms with Crippen molar-refractivity contribution >= 4 is 9.84 Å². The van der Waals surface area contributed by atoms with E-state index in [2.05, 4.69) is 24.2 Å². The molecule has 0 unspecified atom stereocenters. The van der Waals surface area contributed by atoms with E-state index in [1.54, 1.807) is 13.8 Å². The molecule has 0 saturated heterocycles. The summed E-state index contributed by atoms with van der Waals surface area (Å²) in [6.45, 7) is 7.37. The van der Waals surface area contributed by atoms with Gasteiger partial charge in [-0.3, -0.25) is 0 Å². The van der Waals surface area contributed by atoms with Crippen LogP contribution in [0.1, 0.15) is 46.5 Å². The highest BCUT2D eigenvalue weighted by Gasteiger charge is 2.25. The first kappa shape index (κ1) is 16.9. The fraction of sp³-hybridized carbons (Fsp3) is 1.00. The molecule has 1 saturated carbocycles. The lowest BCUT2D eigenvalue weighted by atomic mass is 9.90. The third-order valence-electron chi connectivity index (χ3n) is 4.26.